The van der Waals surface area contributed by atoms with Gasteiger partial charge in [-0.15, -0.1) is 0 Å². The molecule has 0 amide bonds. The summed E-state index contributed by atoms with van der Waals surface area (Å²) in [6.45, 7) is 10.2. The van der Waals surface area contributed by atoms with Crippen LogP contribution in [0, 0.1) is 0 Å². The SMILES string of the molecule is CCNC(C)c1ccc(OCCOC(C)C)c(Cl)c1. The number of ether oxygens (including phenoxy) is 2. The van der Waals surface area contributed by atoms with E-state index in [1.165, 1.54) is 0 Å². The van der Waals surface area contributed by atoms with Crippen LogP contribution in [0.3, 0.4) is 0 Å². The highest BCUT2D eigenvalue weighted by Crippen LogP contribution is 2.27. The van der Waals surface area contributed by atoms with Crippen molar-refractivity contribution in [1.82, 2.24) is 5.32 Å². The molecule has 3 nitrogen and oxygen atoms in total. The quantitative estimate of drug-likeness (QED) is 0.737. The second-order valence-corrected chi connectivity index (χ2v) is 5.14. The van der Waals surface area contributed by atoms with Crippen LogP contribution in [-0.4, -0.2) is 25.9 Å². The molecular weight excluding hydrogens is 262 g/mol. The zero-order chi connectivity index (χ0) is 14.3. The van der Waals surface area contributed by atoms with Crippen LogP contribution in [0.2, 0.25) is 5.02 Å². The molecule has 1 atom stereocenters. The molecule has 0 aliphatic rings. The maximum atomic E-state index is 6.22. The Balaban J connectivity index is 2.52. The average molecular weight is 286 g/mol. The van der Waals surface area contributed by atoms with Crippen molar-refractivity contribution in [3.8, 4) is 5.75 Å². The van der Waals surface area contributed by atoms with Gasteiger partial charge in [0, 0.05) is 6.04 Å². The zero-order valence-electron chi connectivity index (χ0n) is 12.2. The minimum Gasteiger partial charge on any atom is -0.490 e. The maximum absolute atomic E-state index is 6.22. The van der Waals surface area contributed by atoms with Crippen LogP contribution in [0.5, 0.6) is 5.75 Å². The molecule has 0 spiro atoms. The van der Waals surface area contributed by atoms with Crippen LogP contribution >= 0.6 is 11.6 Å². The fourth-order valence-corrected chi connectivity index (χ4v) is 2.01. The van der Waals surface area contributed by atoms with Crippen molar-refractivity contribution < 1.29 is 9.47 Å². The molecule has 1 N–H and O–H groups in total. The molecule has 0 saturated carbocycles. The third kappa shape index (κ3) is 5.81. The third-order valence-corrected chi connectivity index (χ3v) is 3.05. The fourth-order valence-electron chi connectivity index (χ4n) is 1.76. The van der Waals surface area contributed by atoms with Gasteiger partial charge in [0.15, 0.2) is 0 Å². The average Bonchev–Trinajstić information content (AvgIpc) is 2.36. The largest absolute Gasteiger partial charge is 0.490 e. The highest BCUT2D eigenvalue weighted by Gasteiger charge is 2.08. The summed E-state index contributed by atoms with van der Waals surface area (Å²) in [7, 11) is 0. The van der Waals surface area contributed by atoms with Crippen molar-refractivity contribution in [2.24, 2.45) is 0 Å². The zero-order valence-corrected chi connectivity index (χ0v) is 13.0. The lowest BCUT2D eigenvalue weighted by Gasteiger charge is -2.15. The number of hydrogen-bond acceptors (Lipinski definition) is 3. The fraction of sp³-hybridized carbons (Fsp3) is 0.600. The van der Waals surface area contributed by atoms with Gasteiger partial charge in [0.05, 0.1) is 17.7 Å². The van der Waals surface area contributed by atoms with E-state index in [0.717, 1.165) is 12.1 Å². The molecule has 1 rings (SSSR count). The van der Waals surface area contributed by atoms with E-state index in [1.54, 1.807) is 0 Å². The maximum Gasteiger partial charge on any atom is 0.138 e. The number of rotatable bonds is 8. The lowest BCUT2D eigenvalue weighted by Crippen LogP contribution is -2.17. The van der Waals surface area contributed by atoms with Crippen LogP contribution < -0.4 is 10.1 Å². The molecule has 1 aromatic carbocycles. The summed E-state index contributed by atoms with van der Waals surface area (Å²) in [6.07, 6.45) is 0.224. The molecule has 0 saturated heterocycles. The van der Waals surface area contributed by atoms with E-state index in [9.17, 15) is 0 Å². The van der Waals surface area contributed by atoms with Crippen molar-refractivity contribution >= 4 is 11.6 Å². The molecule has 0 aliphatic carbocycles. The van der Waals surface area contributed by atoms with E-state index in [-0.39, 0.29) is 6.10 Å². The van der Waals surface area contributed by atoms with Crippen LogP contribution in [0.25, 0.3) is 0 Å². The number of benzene rings is 1. The van der Waals surface area contributed by atoms with Gasteiger partial charge in [0.25, 0.3) is 0 Å². The minimum absolute atomic E-state index is 0.224. The van der Waals surface area contributed by atoms with Gasteiger partial charge in [-0.2, -0.15) is 0 Å². The van der Waals surface area contributed by atoms with E-state index >= 15 is 0 Å². The van der Waals surface area contributed by atoms with Gasteiger partial charge in [-0.25, -0.2) is 0 Å². The molecule has 0 fully saturated rings. The highest BCUT2D eigenvalue weighted by molar-refractivity contribution is 6.32. The van der Waals surface area contributed by atoms with E-state index in [1.807, 2.05) is 32.0 Å². The molecule has 0 aliphatic heterocycles. The Hall–Kier alpha value is -0.770. The molecule has 108 valence electrons. The van der Waals surface area contributed by atoms with Gasteiger partial charge >= 0.3 is 0 Å². The number of halogens is 1. The Morgan fingerprint density at radius 3 is 2.53 bits per heavy atom. The van der Waals surface area contributed by atoms with Gasteiger partial charge < -0.3 is 14.8 Å². The number of nitrogens with one attached hydrogen (secondary N) is 1. The summed E-state index contributed by atoms with van der Waals surface area (Å²) in [5.41, 5.74) is 1.16. The van der Waals surface area contributed by atoms with Crippen molar-refractivity contribution in [2.75, 3.05) is 19.8 Å². The molecule has 4 heteroatoms. The van der Waals surface area contributed by atoms with Crippen molar-refractivity contribution in [3.63, 3.8) is 0 Å². The highest BCUT2D eigenvalue weighted by atomic mass is 35.5. The van der Waals surface area contributed by atoms with Crippen LogP contribution in [-0.2, 0) is 4.74 Å². The van der Waals surface area contributed by atoms with Crippen molar-refractivity contribution in [3.05, 3.63) is 28.8 Å². The first-order valence-electron chi connectivity index (χ1n) is 6.81. The molecule has 0 bridgehead atoms. The molecule has 1 aromatic rings. The standard InChI is InChI=1S/C15H24ClNO2/c1-5-17-12(4)13-6-7-15(14(16)10-13)19-9-8-18-11(2)3/h6-7,10-12,17H,5,8-9H2,1-4H3. The Bertz CT molecular complexity index is 382. The summed E-state index contributed by atoms with van der Waals surface area (Å²) in [5.74, 6) is 0.710. The molecule has 19 heavy (non-hydrogen) atoms. The molecule has 0 aromatic heterocycles. The van der Waals surface area contributed by atoms with Crippen LogP contribution in [0.1, 0.15) is 39.3 Å². The third-order valence-electron chi connectivity index (χ3n) is 2.76. The van der Waals surface area contributed by atoms with Crippen molar-refractivity contribution in [2.45, 2.75) is 39.8 Å². The first kappa shape index (κ1) is 16.3. The first-order valence-corrected chi connectivity index (χ1v) is 7.19. The Kier molecular flexibility index (Phi) is 7.21. The Labute approximate surface area is 121 Å². The van der Waals surface area contributed by atoms with Crippen LogP contribution in [0.15, 0.2) is 18.2 Å². The molecule has 0 heterocycles. The van der Waals surface area contributed by atoms with E-state index < -0.39 is 0 Å². The summed E-state index contributed by atoms with van der Waals surface area (Å²) in [5, 5.41) is 4.00. The van der Waals surface area contributed by atoms with Gasteiger partial charge in [0.1, 0.15) is 12.4 Å². The van der Waals surface area contributed by atoms with Crippen molar-refractivity contribution in [1.29, 1.82) is 0 Å². The first-order chi connectivity index (χ1) is 9.04. The summed E-state index contributed by atoms with van der Waals surface area (Å²) in [4.78, 5) is 0. The number of hydrogen-bond donors (Lipinski definition) is 1. The predicted molar refractivity (Wildman–Crippen MR) is 80.1 cm³/mol. The predicted octanol–water partition coefficient (Wildman–Crippen LogP) is 3.81. The topological polar surface area (TPSA) is 30.5 Å². The second kappa shape index (κ2) is 8.41. The Morgan fingerprint density at radius 1 is 1.21 bits per heavy atom. The summed E-state index contributed by atoms with van der Waals surface area (Å²) >= 11 is 6.22. The smallest absolute Gasteiger partial charge is 0.138 e. The van der Waals surface area contributed by atoms with Crippen LogP contribution in [0.4, 0.5) is 0 Å². The second-order valence-electron chi connectivity index (χ2n) is 4.74. The van der Waals surface area contributed by atoms with E-state index in [2.05, 4.69) is 19.2 Å². The monoisotopic (exact) mass is 285 g/mol. The van der Waals surface area contributed by atoms with Gasteiger partial charge in [-0.3, -0.25) is 0 Å². The normalized spacial score (nSPS) is 12.7. The van der Waals surface area contributed by atoms with E-state index in [4.69, 9.17) is 21.1 Å². The minimum atomic E-state index is 0.224. The summed E-state index contributed by atoms with van der Waals surface area (Å²) in [6, 6.07) is 6.20. The lowest BCUT2D eigenvalue weighted by molar-refractivity contribution is 0.0553. The van der Waals surface area contributed by atoms with E-state index in [0.29, 0.717) is 30.0 Å². The molecular formula is C15H24ClNO2. The molecule has 1 unspecified atom stereocenters. The Morgan fingerprint density at radius 2 is 1.95 bits per heavy atom. The lowest BCUT2D eigenvalue weighted by atomic mass is 10.1. The summed E-state index contributed by atoms with van der Waals surface area (Å²) < 4.78 is 11.0. The molecule has 0 radical (unpaired) electrons. The van der Waals surface area contributed by atoms with Gasteiger partial charge in [-0.05, 0) is 45.0 Å². The van der Waals surface area contributed by atoms with Gasteiger partial charge in [-0.1, -0.05) is 24.6 Å². The van der Waals surface area contributed by atoms with Gasteiger partial charge in [0.2, 0.25) is 0 Å².